The lowest BCUT2D eigenvalue weighted by molar-refractivity contribution is 0.0922. The van der Waals surface area contributed by atoms with Gasteiger partial charge in [-0.05, 0) is 19.0 Å². The molecule has 0 aromatic heterocycles. The number of hydrogen-bond acceptors (Lipinski definition) is 2. The summed E-state index contributed by atoms with van der Waals surface area (Å²) in [4.78, 5) is 1.51. The molecule has 102 valence electrons. The second-order valence-corrected chi connectivity index (χ2v) is 4.64. The summed E-state index contributed by atoms with van der Waals surface area (Å²) in [7, 11) is 1.61. The molecule has 2 N–H and O–H groups in total. The highest BCUT2D eigenvalue weighted by Gasteiger charge is 2.20. The molecular formula is C13H19F3N2. The quantitative estimate of drug-likeness (QED) is 0.852. The van der Waals surface area contributed by atoms with E-state index >= 15 is 0 Å². The fourth-order valence-corrected chi connectivity index (χ4v) is 1.97. The molecule has 1 rings (SSSR count). The van der Waals surface area contributed by atoms with Crippen LogP contribution in [0.2, 0.25) is 0 Å². The number of hydrogen-bond donors (Lipinski definition) is 1. The van der Waals surface area contributed by atoms with Gasteiger partial charge in [0, 0.05) is 18.2 Å². The average Bonchev–Trinajstić information content (AvgIpc) is 2.27. The Morgan fingerprint density at radius 3 is 2.39 bits per heavy atom. The lowest BCUT2D eigenvalue weighted by Crippen LogP contribution is -2.34. The highest BCUT2D eigenvalue weighted by molar-refractivity contribution is 5.21. The summed E-state index contributed by atoms with van der Waals surface area (Å²) in [5.41, 5.74) is 6.39. The summed E-state index contributed by atoms with van der Waals surface area (Å²) in [6.45, 7) is 1.94. The molecule has 0 fully saturated rings. The predicted octanol–water partition coefficient (Wildman–Crippen LogP) is 2.66. The SMILES string of the molecule is CC(CN(C)CC(F)F)C(N)c1ccccc1F. The van der Waals surface area contributed by atoms with Gasteiger partial charge in [-0.2, -0.15) is 0 Å². The first-order valence-electron chi connectivity index (χ1n) is 5.88. The molecule has 0 saturated heterocycles. The molecule has 2 unspecified atom stereocenters. The summed E-state index contributed by atoms with van der Waals surface area (Å²) >= 11 is 0. The minimum atomic E-state index is -2.37. The van der Waals surface area contributed by atoms with Gasteiger partial charge in [-0.15, -0.1) is 0 Å². The maximum absolute atomic E-state index is 13.5. The van der Waals surface area contributed by atoms with E-state index in [9.17, 15) is 13.2 Å². The molecular weight excluding hydrogens is 241 g/mol. The number of rotatable bonds is 6. The fourth-order valence-electron chi connectivity index (χ4n) is 1.97. The summed E-state index contributed by atoms with van der Waals surface area (Å²) in [6.07, 6.45) is -2.37. The summed E-state index contributed by atoms with van der Waals surface area (Å²) in [5, 5.41) is 0. The molecule has 0 aliphatic heterocycles. The zero-order valence-electron chi connectivity index (χ0n) is 10.6. The third-order valence-electron chi connectivity index (χ3n) is 2.93. The van der Waals surface area contributed by atoms with Crippen molar-refractivity contribution < 1.29 is 13.2 Å². The first-order valence-corrected chi connectivity index (χ1v) is 5.88. The lowest BCUT2D eigenvalue weighted by Gasteiger charge is -2.26. The third kappa shape index (κ3) is 4.31. The van der Waals surface area contributed by atoms with Crippen LogP contribution in [0.5, 0.6) is 0 Å². The van der Waals surface area contributed by atoms with Crippen LogP contribution in [0.25, 0.3) is 0 Å². The van der Waals surface area contributed by atoms with E-state index in [1.165, 1.54) is 11.0 Å². The molecule has 0 heterocycles. The van der Waals surface area contributed by atoms with Gasteiger partial charge in [0.25, 0.3) is 6.43 Å². The second-order valence-electron chi connectivity index (χ2n) is 4.64. The van der Waals surface area contributed by atoms with Gasteiger partial charge in [-0.3, -0.25) is 0 Å². The van der Waals surface area contributed by atoms with Crippen LogP contribution in [0.15, 0.2) is 24.3 Å². The van der Waals surface area contributed by atoms with Crippen molar-refractivity contribution in [2.24, 2.45) is 11.7 Å². The van der Waals surface area contributed by atoms with Crippen LogP contribution in [0, 0.1) is 11.7 Å². The minimum absolute atomic E-state index is 0.106. The van der Waals surface area contributed by atoms with Crippen molar-refractivity contribution >= 4 is 0 Å². The van der Waals surface area contributed by atoms with Crippen molar-refractivity contribution in [3.8, 4) is 0 Å². The zero-order valence-corrected chi connectivity index (χ0v) is 10.6. The van der Waals surface area contributed by atoms with Crippen molar-refractivity contribution in [1.82, 2.24) is 4.90 Å². The van der Waals surface area contributed by atoms with Crippen molar-refractivity contribution in [3.05, 3.63) is 35.6 Å². The largest absolute Gasteiger partial charge is 0.324 e. The van der Waals surface area contributed by atoms with Gasteiger partial charge >= 0.3 is 0 Å². The molecule has 2 atom stereocenters. The molecule has 2 nitrogen and oxygen atoms in total. The van der Waals surface area contributed by atoms with Gasteiger partial charge in [-0.1, -0.05) is 25.1 Å². The van der Waals surface area contributed by atoms with E-state index in [1.54, 1.807) is 25.2 Å². The normalized spacial score (nSPS) is 15.1. The van der Waals surface area contributed by atoms with E-state index in [0.29, 0.717) is 12.1 Å². The van der Waals surface area contributed by atoms with E-state index in [-0.39, 0.29) is 18.3 Å². The number of benzene rings is 1. The maximum Gasteiger partial charge on any atom is 0.251 e. The number of alkyl halides is 2. The Kier molecular flexibility index (Phi) is 5.62. The Bertz CT molecular complexity index is 371. The molecule has 1 aromatic rings. The number of nitrogens with two attached hydrogens (primary N) is 1. The average molecular weight is 260 g/mol. The van der Waals surface area contributed by atoms with Crippen LogP contribution in [0.4, 0.5) is 13.2 Å². The van der Waals surface area contributed by atoms with Crippen molar-refractivity contribution in [2.75, 3.05) is 20.1 Å². The fraction of sp³-hybridized carbons (Fsp3) is 0.538. The van der Waals surface area contributed by atoms with E-state index in [0.717, 1.165) is 0 Å². The van der Waals surface area contributed by atoms with E-state index in [2.05, 4.69) is 0 Å². The molecule has 0 aliphatic rings. The van der Waals surface area contributed by atoms with Gasteiger partial charge in [0.05, 0.1) is 6.54 Å². The highest BCUT2D eigenvalue weighted by atomic mass is 19.3. The monoisotopic (exact) mass is 260 g/mol. The van der Waals surface area contributed by atoms with Crippen LogP contribution in [0.3, 0.4) is 0 Å². The minimum Gasteiger partial charge on any atom is -0.324 e. The van der Waals surface area contributed by atoms with Gasteiger partial charge < -0.3 is 10.6 Å². The predicted molar refractivity (Wildman–Crippen MR) is 66.0 cm³/mol. The van der Waals surface area contributed by atoms with Crippen molar-refractivity contribution in [3.63, 3.8) is 0 Å². The van der Waals surface area contributed by atoms with Crippen LogP contribution in [0.1, 0.15) is 18.5 Å². The Morgan fingerprint density at radius 2 is 1.83 bits per heavy atom. The van der Waals surface area contributed by atoms with E-state index in [1.807, 2.05) is 6.92 Å². The van der Waals surface area contributed by atoms with Crippen LogP contribution < -0.4 is 5.73 Å². The Hall–Kier alpha value is -1.07. The standard InChI is InChI=1S/C13H19F3N2/c1-9(7-18(2)8-12(15)16)13(17)10-5-3-4-6-11(10)14/h3-6,9,12-13H,7-8,17H2,1-2H3. The van der Waals surface area contributed by atoms with Gasteiger partial charge in [-0.25, -0.2) is 13.2 Å². The summed E-state index contributed by atoms with van der Waals surface area (Å²) in [5.74, 6) is -0.459. The smallest absolute Gasteiger partial charge is 0.251 e. The molecule has 18 heavy (non-hydrogen) atoms. The molecule has 5 heteroatoms. The van der Waals surface area contributed by atoms with Gasteiger partial charge in [0.1, 0.15) is 5.82 Å². The van der Waals surface area contributed by atoms with Gasteiger partial charge in [0.2, 0.25) is 0 Å². The van der Waals surface area contributed by atoms with Crippen LogP contribution in [-0.2, 0) is 0 Å². The molecule has 0 saturated carbocycles. The Morgan fingerprint density at radius 1 is 1.22 bits per heavy atom. The maximum atomic E-state index is 13.5. The first-order chi connectivity index (χ1) is 8.41. The van der Waals surface area contributed by atoms with Gasteiger partial charge in [0.15, 0.2) is 0 Å². The number of nitrogens with zero attached hydrogens (tertiary/aromatic N) is 1. The lowest BCUT2D eigenvalue weighted by atomic mass is 9.94. The molecule has 1 aromatic carbocycles. The third-order valence-corrected chi connectivity index (χ3v) is 2.93. The van der Waals surface area contributed by atoms with Crippen molar-refractivity contribution in [1.29, 1.82) is 0 Å². The first kappa shape index (κ1) is 15.0. The molecule has 0 bridgehead atoms. The summed E-state index contributed by atoms with van der Waals surface area (Å²) < 4.78 is 37.9. The molecule has 0 radical (unpaired) electrons. The highest BCUT2D eigenvalue weighted by Crippen LogP contribution is 2.22. The van der Waals surface area contributed by atoms with E-state index in [4.69, 9.17) is 5.73 Å². The van der Waals surface area contributed by atoms with Crippen molar-refractivity contribution in [2.45, 2.75) is 19.4 Å². The zero-order chi connectivity index (χ0) is 13.7. The second kappa shape index (κ2) is 6.75. The van der Waals surface area contributed by atoms with Crippen LogP contribution in [-0.4, -0.2) is 31.5 Å². The molecule has 0 amide bonds. The molecule has 0 spiro atoms. The Labute approximate surface area is 106 Å². The molecule has 0 aliphatic carbocycles. The van der Waals surface area contributed by atoms with E-state index < -0.39 is 12.5 Å². The topological polar surface area (TPSA) is 29.3 Å². The summed E-state index contributed by atoms with van der Waals surface area (Å²) in [6, 6.07) is 5.80. The van der Waals surface area contributed by atoms with Crippen LogP contribution >= 0.6 is 0 Å². The Balaban J connectivity index is 2.61. The number of halogens is 3.